The Balaban J connectivity index is 1.62. The molecule has 27 heavy (non-hydrogen) atoms. The molecule has 0 saturated heterocycles. The normalized spacial score (nSPS) is 13.7. The third-order valence-electron chi connectivity index (χ3n) is 4.53. The second-order valence-corrected chi connectivity index (χ2v) is 8.66. The third-order valence-corrected chi connectivity index (χ3v) is 6.56. The van der Waals surface area contributed by atoms with Crippen molar-refractivity contribution in [3.63, 3.8) is 0 Å². The summed E-state index contributed by atoms with van der Waals surface area (Å²) >= 11 is 9.10. The fraction of sp³-hybridized carbons (Fsp3) is 0.200. The first-order valence-corrected chi connectivity index (χ1v) is 10.7. The average molecular weight is 416 g/mol. The largest absolute Gasteiger partial charge is 0.309 e. The van der Waals surface area contributed by atoms with Crippen LogP contribution in [-0.4, -0.2) is 9.97 Å². The molecule has 0 aliphatic rings. The van der Waals surface area contributed by atoms with E-state index in [-0.39, 0.29) is 17.6 Å². The molecule has 3 heterocycles. The SMILES string of the molecule is C[C@H](N[C@@H](C)c1nc2scc(-c3cccs3)c2c(=O)[nH]1)c1ccc(Cl)cc1. The van der Waals surface area contributed by atoms with Crippen LogP contribution in [0.1, 0.15) is 37.3 Å². The van der Waals surface area contributed by atoms with Gasteiger partial charge >= 0.3 is 0 Å². The number of rotatable bonds is 5. The molecule has 2 N–H and O–H groups in total. The summed E-state index contributed by atoms with van der Waals surface area (Å²) in [6, 6.07) is 11.8. The van der Waals surface area contributed by atoms with Gasteiger partial charge in [0.1, 0.15) is 10.7 Å². The zero-order valence-electron chi connectivity index (χ0n) is 14.8. The summed E-state index contributed by atoms with van der Waals surface area (Å²) in [4.78, 5) is 22.3. The van der Waals surface area contributed by atoms with E-state index in [0.717, 1.165) is 25.9 Å². The van der Waals surface area contributed by atoms with Crippen molar-refractivity contribution in [1.82, 2.24) is 15.3 Å². The Bertz CT molecular complexity index is 1120. The summed E-state index contributed by atoms with van der Waals surface area (Å²) in [6.07, 6.45) is 0. The summed E-state index contributed by atoms with van der Waals surface area (Å²) in [7, 11) is 0. The van der Waals surface area contributed by atoms with E-state index in [1.807, 2.05) is 54.1 Å². The van der Waals surface area contributed by atoms with Gasteiger partial charge in [-0.25, -0.2) is 4.98 Å². The number of nitrogens with zero attached hydrogens (tertiary/aromatic N) is 1. The van der Waals surface area contributed by atoms with Crippen LogP contribution in [0, 0.1) is 0 Å². The van der Waals surface area contributed by atoms with Crippen molar-refractivity contribution in [3.8, 4) is 10.4 Å². The summed E-state index contributed by atoms with van der Waals surface area (Å²) < 4.78 is 0. The summed E-state index contributed by atoms with van der Waals surface area (Å²) in [5, 5.41) is 8.90. The van der Waals surface area contributed by atoms with Crippen LogP contribution in [-0.2, 0) is 0 Å². The predicted molar refractivity (Wildman–Crippen MR) is 115 cm³/mol. The van der Waals surface area contributed by atoms with E-state index in [2.05, 4.69) is 17.2 Å². The number of thiophene rings is 2. The summed E-state index contributed by atoms with van der Waals surface area (Å²) in [6.45, 7) is 4.08. The lowest BCUT2D eigenvalue weighted by Gasteiger charge is -2.20. The van der Waals surface area contributed by atoms with Gasteiger partial charge in [-0.05, 0) is 43.0 Å². The molecular weight excluding hydrogens is 398 g/mol. The minimum Gasteiger partial charge on any atom is -0.309 e. The van der Waals surface area contributed by atoms with E-state index < -0.39 is 0 Å². The minimum atomic E-state index is -0.0972. The Hall–Kier alpha value is -1.99. The van der Waals surface area contributed by atoms with E-state index in [4.69, 9.17) is 16.6 Å². The molecule has 0 unspecified atom stereocenters. The lowest BCUT2D eigenvalue weighted by molar-refractivity contribution is 0.477. The van der Waals surface area contributed by atoms with Gasteiger partial charge < -0.3 is 10.3 Å². The second-order valence-electron chi connectivity index (χ2n) is 6.42. The Kier molecular flexibility index (Phi) is 5.14. The van der Waals surface area contributed by atoms with Crippen LogP contribution < -0.4 is 10.9 Å². The predicted octanol–water partition coefficient (Wildman–Crippen LogP) is 5.78. The monoisotopic (exact) mass is 415 g/mol. The van der Waals surface area contributed by atoms with Gasteiger partial charge in [0.05, 0.1) is 11.4 Å². The number of aromatic amines is 1. The molecule has 1 aromatic carbocycles. The van der Waals surface area contributed by atoms with Crippen LogP contribution in [0.4, 0.5) is 0 Å². The highest BCUT2D eigenvalue weighted by molar-refractivity contribution is 7.18. The van der Waals surface area contributed by atoms with Gasteiger partial charge in [0.2, 0.25) is 0 Å². The van der Waals surface area contributed by atoms with Gasteiger partial charge in [-0.15, -0.1) is 22.7 Å². The molecule has 4 aromatic rings. The number of fused-ring (bicyclic) bond motifs is 1. The first-order valence-electron chi connectivity index (χ1n) is 8.59. The van der Waals surface area contributed by atoms with E-state index in [1.165, 1.54) is 11.3 Å². The van der Waals surface area contributed by atoms with Gasteiger partial charge in [0.25, 0.3) is 5.56 Å². The van der Waals surface area contributed by atoms with Crippen LogP contribution in [0.15, 0.2) is 52.0 Å². The van der Waals surface area contributed by atoms with E-state index >= 15 is 0 Å². The Morgan fingerprint density at radius 1 is 1.11 bits per heavy atom. The minimum absolute atomic E-state index is 0.0903. The van der Waals surface area contributed by atoms with Gasteiger partial charge in [0.15, 0.2) is 0 Å². The number of aromatic nitrogens is 2. The van der Waals surface area contributed by atoms with Crippen molar-refractivity contribution in [2.75, 3.05) is 0 Å². The highest BCUT2D eigenvalue weighted by atomic mass is 35.5. The van der Waals surface area contributed by atoms with Gasteiger partial charge in [-0.2, -0.15) is 0 Å². The number of hydrogen-bond donors (Lipinski definition) is 2. The third kappa shape index (κ3) is 3.71. The maximum absolute atomic E-state index is 12.7. The van der Waals surface area contributed by atoms with Crippen molar-refractivity contribution in [2.45, 2.75) is 25.9 Å². The quantitative estimate of drug-likeness (QED) is 0.434. The molecule has 0 aliphatic heterocycles. The number of benzene rings is 1. The van der Waals surface area contributed by atoms with Crippen LogP contribution in [0.2, 0.25) is 5.02 Å². The Morgan fingerprint density at radius 2 is 1.89 bits per heavy atom. The van der Waals surface area contributed by atoms with Crippen molar-refractivity contribution in [2.24, 2.45) is 0 Å². The Morgan fingerprint density at radius 3 is 2.59 bits per heavy atom. The van der Waals surface area contributed by atoms with Crippen molar-refractivity contribution >= 4 is 44.5 Å². The van der Waals surface area contributed by atoms with Gasteiger partial charge in [-0.3, -0.25) is 4.79 Å². The molecule has 3 aromatic heterocycles. The smallest absolute Gasteiger partial charge is 0.260 e. The topological polar surface area (TPSA) is 57.8 Å². The standard InChI is InChI=1S/C20H18ClN3OS2/c1-11(13-5-7-14(21)8-6-13)22-12(2)18-23-19(25)17-15(10-27-20(17)24-18)16-4-3-9-26-16/h3-12,22H,1-2H3,(H,23,24,25)/t11-,12-/m0/s1. The zero-order chi connectivity index (χ0) is 19.0. The number of hydrogen-bond acceptors (Lipinski definition) is 5. The average Bonchev–Trinajstić information content (AvgIpc) is 3.31. The van der Waals surface area contributed by atoms with Gasteiger partial charge in [0, 0.05) is 26.9 Å². The first kappa shape index (κ1) is 18.4. The highest BCUT2D eigenvalue weighted by Crippen LogP contribution is 2.33. The molecule has 0 bridgehead atoms. The van der Waals surface area contributed by atoms with E-state index in [0.29, 0.717) is 11.2 Å². The molecule has 7 heteroatoms. The second kappa shape index (κ2) is 7.56. The molecule has 0 spiro atoms. The van der Waals surface area contributed by atoms with Crippen LogP contribution in [0.3, 0.4) is 0 Å². The van der Waals surface area contributed by atoms with Crippen molar-refractivity contribution in [3.05, 3.63) is 73.9 Å². The molecule has 2 atom stereocenters. The summed E-state index contributed by atoms with van der Waals surface area (Å²) in [5.41, 5.74) is 2.00. The van der Waals surface area contributed by atoms with Crippen LogP contribution in [0.25, 0.3) is 20.7 Å². The fourth-order valence-corrected chi connectivity index (χ4v) is 4.98. The molecular formula is C20H18ClN3OS2. The highest BCUT2D eigenvalue weighted by Gasteiger charge is 2.18. The summed E-state index contributed by atoms with van der Waals surface area (Å²) in [5.74, 6) is 0.646. The van der Waals surface area contributed by atoms with Crippen molar-refractivity contribution in [1.29, 1.82) is 0 Å². The molecule has 4 rings (SSSR count). The van der Waals surface area contributed by atoms with Gasteiger partial charge in [-0.1, -0.05) is 29.8 Å². The molecule has 4 nitrogen and oxygen atoms in total. The molecule has 0 fully saturated rings. The number of nitrogens with one attached hydrogen (secondary N) is 2. The maximum atomic E-state index is 12.7. The molecule has 0 radical (unpaired) electrons. The van der Waals surface area contributed by atoms with Crippen molar-refractivity contribution < 1.29 is 0 Å². The maximum Gasteiger partial charge on any atom is 0.260 e. The van der Waals surface area contributed by atoms with Crippen LogP contribution >= 0.6 is 34.3 Å². The van der Waals surface area contributed by atoms with E-state index in [1.54, 1.807) is 11.3 Å². The zero-order valence-corrected chi connectivity index (χ0v) is 17.2. The Labute approximate surface area is 169 Å². The molecule has 138 valence electrons. The first-order chi connectivity index (χ1) is 13.0. The molecule has 0 saturated carbocycles. The lowest BCUT2D eigenvalue weighted by atomic mass is 10.1. The fourth-order valence-electron chi connectivity index (χ4n) is 3.09. The molecule has 0 aliphatic carbocycles. The van der Waals surface area contributed by atoms with Crippen LogP contribution in [0.5, 0.6) is 0 Å². The number of halogens is 1. The number of H-pyrrole nitrogens is 1. The van der Waals surface area contributed by atoms with E-state index in [9.17, 15) is 4.79 Å². The molecule has 0 amide bonds. The lowest BCUT2D eigenvalue weighted by Crippen LogP contribution is -2.26.